The molecular weight excluding hydrogens is 502 g/mol. The number of amides is 1. The maximum absolute atomic E-state index is 12.1. The number of hydrogen-bond donors (Lipinski definition) is 1. The molecule has 0 radical (unpaired) electrons. The second-order valence-corrected chi connectivity index (χ2v) is 8.80. The van der Waals surface area contributed by atoms with Gasteiger partial charge in [-0.3, -0.25) is 4.79 Å². The van der Waals surface area contributed by atoms with Crippen molar-refractivity contribution < 1.29 is 19.1 Å². The van der Waals surface area contributed by atoms with Gasteiger partial charge < -0.3 is 14.8 Å². The van der Waals surface area contributed by atoms with Crippen LogP contribution in [0.15, 0.2) is 75.4 Å². The first-order valence-electron chi connectivity index (χ1n) is 8.64. The third-order valence-electron chi connectivity index (χ3n) is 4.12. The van der Waals surface area contributed by atoms with Crippen LogP contribution in [-0.4, -0.2) is 19.0 Å². The Balaban J connectivity index is 1.59. The lowest BCUT2D eigenvalue weighted by atomic mass is 10.0. The number of hydrogen-bond acceptors (Lipinski definition) is 4. The van der Waals surface area contributed by atoms with E-state index in [2.05, 4.69) is 37.2 Å². The number of cyclic esters (lactones) is 1. The fourth-order valence-electron chi connectivity index (χ4n) is 2.69. The smallest absolute Gasteiger partial charge is 0.336 e. The summed E-state index contributed by atoms with van der Waals surface area (Å²) in [4.78, 5) is 23.6. The molecule has 0 aliphatic carbocycles. The third kappa shape index (κ3) is 5.92. The lowest BCUT2D eigenvalue weighted by Crippen LogP contribution is -2.07. The highest BCUT2D eigenvalue weighted by atomic mass is 79.9. The number of ether oxygens (including phenoxy) is 2. The minimum absolute atomic E-state index is 0.223. The number of nitrogens with one attached hydrogen (secondary N) is 1. The summed E-state index contributed by atoms with van der Waals surface area (Å²) in [5, 5.41) is 2.82. The zero-order chi connectivity index (χ0) is 20.8. The van der Waals surface area contributed by atoms with E-state index in [-0.39, 0.29) is 11.9 Å². The molecule has 0 bridgehead atoms. The number of allylic oxidation sites excluding steroid dienone is 1. The first-order chi connectivity index (χ1) is 13.9. The van der Waals surface area contributed by atoms with Gasteiger partial charge in [-0.2, -0.15) is 0 Å². The first kappa shape index (κ1) is 21.1. The molecule has 0 saturated heterocycles. The lowest BCUT2D eigenvalue weighted by molar-refractivity contribution is -0.132. The van der Waals surface area contributed by atoms with E-state index in [0.717, 1.165) is 22.4 Å². The van der Waals surface area contributed by atoms with E-state index in [9.17, 15) is 9.59 Å². The summed E-state index contributed by atoms with van der Waals surface area (Å²) in [5.74, 6) is 0.636. The van der Waals surface area contributed by atoms with Crippen LogP contribution in [-0.2, 0) is 20.7 Å². The van der Waals surface area contributed by atoms with Gasteiger partial charge in [0.05, 0.1) is 7.11 Å². The predicted octanol–water partition coefficient (Wildman–Crippen LogP) is 5.33. The Kier molecular flexibility index (Phi) is 7.06. The topological polar surface area (TPSA) is 64.6 Å². The minimum atomic E-state index is -0.390. The molecule has 0 aromatic heterocycles. The predicted molar refractivity (Wildman–Crippen MR) is 120 cm³/mol. The van der Waals surface area contributed by atoms with E-state index in [1.165, 1.54) is 12.2 Å². The van der Waals surface area contributed by atoms with Crippen molar-refractivity contribution >= 4 is 55.5 Å². The Labute approximate surface area is 185 Å². The van der Waals surface area contributed by atoms with Gasteiger partial charge in [-0.1, -0.05) is 24.3 Å². The van der Waals surface area contributed by atoms with Gasteiger partial charge in [0.15, 0.2) is 5.76 Å². The van der Waals surface area contributed by atoms with Crippen molar-refractivity contribution in [3.8, 4) is 5.75 Å². The molecule has 1 aliphatic heterocycles. The van der Waals surface area contributed by atoms with E-state index >= 15 is 0 Å². The van der Waals surface area contributed by atoms with E-state index in [1.807, 2.05) is 48.5 Å². The normalized spacial score (nSPS) is 13.3. The number of carbonyl (C=O) groups excluding carboxylic acids is 2. The number of esters is 1. The van der Waals surface area contributed by atoms with Crippen molar-refractivity contribution in [3.63, 3.8) is 0 Å². The van der Waals surface area contributed by atoms with Gasteiger partial charge in [0.2, 0.25) is 5.91 Å². The fraction of sp³-hybridized carbons (Fsp3) is 0.0909. The zero-order valence-electron chi connectivity index (χ0n) is 15.4. The molecule has 148 valence electrons. The highest BCUT2D eigenvalue weighted by Gasteiger charge is 2.22. The SMILES string of the molecule is COc1ccc(/C=C/C(=O)Nc2ccc(CC3=CC(=O)OC3=C(Br)Br)cc2)cc1. The molecule has 7 heteroatoms. The van der Waals surface area contributed by atoms with Crippen molar-refractivity contribution in [2.45, 2.75) is 6.42 Å². The Bertz CT molecular complexity index is 1000. The van der Waals surface area contributed by atoms with E-state index in [0.29, 0.717) is 21.3 Å². The summed E-state index contributed by atoms with van der Waals surface area (Å²) in [6.07, 6.45) is 5.22. The third-order valence-corrected chi connectivity index (χ3v) is 4.84. The van der Waals surface area contributed by atoms with Crippen LogP contribution in [0.5, 0.6) is 5.75 Å². The summed E-state index contributed by atoms with van der Waals surface area (Å²) in [6, 6.07) is 14.8. The summed E-state index contributed by atoms with van der Waals surface area (Å²) in [7, 11) is 1.61. The van der Waals surface area contributed by atoms with Gasteiger partial charge in [-0.25, -0.2) is 4.79 Å². The Morgan fingerprint density at radius 2 is 1.79 bits per heavy atom. The number of methoxy groups -OCH3 is 1. The highest BCUT2D eigenvalue weighted by Crippen LogP contribution is 2.32. The maximum Gasteiger partial charge on any atom is 0.336 e. The molecule has 1 heterocycles. The quantitative estimate of drug-likeness (QED) is 0.414. The largest absolute Gasteiger partial charge is 0.497 e. The molecule has 29 heavy (non-hydrogen) atoms. The number of carbonyl (C=O) groups is 2. The van der Waals surface area contributed by atoms with E-state index in [4.69, 9.17) is 9.47 Å². The zero-order valence-corrected chi connectivity index (χ0v) is 18.6. The van der Waals surface area contributed by atoms with Crippen LogP contribution >= 0.6 is 31.9 Å². The molecule has 1 N–H and O–H groups in total. The summed E-state index contributed by atoms with van der Waals surface area (Å²) < 4.78 is 10.8. The monoisotopic (exact) mass is 517 g/mol. The van der Waals surface area contributed by atoms with Crippen molar-refractivity contribution in [3.05, 3.63) is 86.5 Å². The van der Waals surface area contributed by atoms with Crippen LogP contribution in [0.25, 0.3) is 6.08 Å². The summed E-state index contributed by atoms with van der Waals surface area (Å²) in [5.41, 5.74) is 3.35. The van der Waals surface area contributed by atoms with Crippen LogP contribution in [0, 0.1) is 0 Å². The minimum Gasteiger partial charge on any atom is -0.497 e. The Hall–Kier alpha value is -2.64. The number of anilines is 1. The van der Waals surface area contributed by atoms with Gasteiger partial charge in [0.1, 0.15) is 9.14 Å². The van der Waals surface area contributed by atoms with Crippen LogP contribution in [0.3, 0.4) is 0 Å². The molecule has 0 unspecified atom stereocenters. The lowest BCUT2D eigenvalue weighted by Gasteiger charge is -2.07. The molecule has 0 fully saturated rings. The maximum atomic E-state index is 12.1. The van der Waals surface area contributed by atoms with E-state index < -0.39 is 0 Å². The van der Waals surface area contributed by atoms with Gasteiger partial charge >= 0.3 is 5.97 Å². The van der Waals surface area contributed by atoms with Gasteiger partial charge in [0, 0.05) is 29.8 Å². The van der Waals surface area contributed by atoms with Crippen molar-refractivity contribution in [1.82, 2.24) is 0 Å². The standard InChI is InChI=1S/C22H17Br2NO4/c1-28-18-9-4-14(5-10-18)6-11-19(26)25-17-7-2-15(3-8-17)12-16-13-20(27)29-21(16)22(23)24/h2-11,13H,12H2,1H3,(H,25,26)/b11-6+. The average molecular weight is 519 g/mol. The van der Waals surface area contributed by atoms with Crippen molar-refractivity contribution in [2.75, 3.05) is 12.4 Å². The second-order valence-electron chi connectivity index (χ2n) is 6.15. The molecule has 0 atom stereocenters. The summed E-state index contributed by atoms with van der Waals surface area (Å²) in [6.45, 7) is 0. The number of rotatable bonds is 6. The van der Waals surface area contributed by atoms with E-state index in [1.54, 1.807) is 13.2 Å². The molecule has 0 spiro atoms. The molecule has 1 amide bonds. The molecule has 2 aromatic rings. The highest BCUT2D eigenvalue weighted by molar-refractivity contribution is 9.28. The van der Waals surface area contributed by atoms with Gasteiger partial charge in [0.25, 0.3) is 0 Å². The summed E-state index contributed by atoms with van der Waals surface area (Å²) >= 11 is 6.56. The first-order valence-corrected chi connectivity index (χ1v) is 10.2. The molecule has 5 nitrogen and oxygen atoms in total. The number of halogens is 2. The van der Waals surface area contributed by atoms with Crippen molar-refractivity contribution in [2.24, 2.45) is 0 Å². The van der Waals surface area contributed by atoms with Gasteiger partial charge in [-0.05, 0) is 73.3 Å². The average Bonchev–Trinajstić information content (AvgIpc) is 3.08. The second kappa shape index (κ2) is 9.71. The van der Waals surface area contributed by atoms with Crippen LogP contribution in [0.1, 0.15) is 11.1 Å². The molecular formula is C22H17Br2NO4. The Morgan fingerprint density at radius 3 is 2.41 bits per heavy atom. The van der Waals surface area contributed by atoms with Crippen LogP contribution < -0.4 is 10.1 Å². The fourth-order valence-corrected chi connectivity index (χ4v) is 3.36. The Morgan fingerprint density at radius 1 is 1.10 bits per heavy atom. The molecule has 0 saturated carbocycles. The van der Waals surface area contributed by atoms with Crippen molar-refractivity contribution in [1.29, 1.82) is 0 Å². The van der Waals surface area contributed by atoms with Crippen LogP contribution in [0.2, 0.25) is 0 Å². The van der Waals surface area contributed by atoms with Crippen LogP contribution in [0.4, 0.5) is 5.69 Å². The molecule has 3 rings (SSSR count). The van der Waals surface area contributed by atoms with Gasteiger partial charge in [-0.15, -0.1) is 0 Å². The number of benzene rings is 2. The molecule has 2 aromatic carbocycles. The molecule has 1 aliphatic rings.